The summed E-state index contributed by atoms with van der Waals surface area (Å²) >= 11 is 0. The number of nitrogens with one attached hydrogen (secondary N) is 2. The number of hydrogen-bond acceptors (Lipinski definition) is 4. The van der Waals surface area contributed by atoms with Crippen LogP contribution in [0, 0.1) is 0 Å². The Balaban J connectivity index is 1.80. The Bertz CT molecular complexity index is 751. The van der Waals surface area contributed by atoms with Gasteiger partial charge in [-0.05, 0) is 62.1 Å². The number of carbonyl (C=O) groups excluding carboxylic acids is 2. The molecule has 0 bridgehead atoms. The average molecular weight is 354 g/mol. The van der Waals surface area contributed by atoms with Crippen LogP contribution in [-0.4, -0.2) is 27.7 Å². The van der Waals surface area contributed by atoms with Gasteiger partial charge in [-0.3, -0.25) is 9.59 Å². The number of phenols is 2. The van der Waals surface area contributed by atoms with E-state index in [0.717, 1.165) is 19.3 Å². The molecule has 1 fully saturated rings. The van der Waals surface area contributed by atoms with E-state index in [1.807, 2.05) is 0 Å². The van der Waals surface area contributed by atoms with Gasteiger partial charge in [0.25, 0.3) is 11.8 Å². The predicted molar refractivity (Wildman–Crippen MR) is 97.0 cm³/mol. The monoisotopic (exact) mass is 354 g/mol. The first-order chi connectivity index (χ1) is 12.5. The maximum Gasteiger partial charge on any atom is 0.253 e. The third-order valence-electron chi connectivity index (χ3n) is 4.63. The SMILES string of the molecule is O=C(NC1(NC(=O)c2cccc(O)c2)CCCCC1)c1cccc(O)c1. The van der Waals surface area contributed by atoms with Gasteiger partial charge >= 0.3 is 0 Å². The minimum atomic E-state index is -0.844. The molecule has 0 aromatic heterocycles. The summed E-state index contributed by atoms with van der Waals surface area (Å²) in [6.45, 7) is 0. The molecule has 6 nitrogen and oxygen atoms in total. The van der Waals surface area contributed by atoms with Crippen LogP contribution >= 0.6 is 0 Å². The summed E-state index contributed by atoms with van der Waals surface area (Å²) in [5.41, 5.74) is -0.174. The van der Waals surface area contributed by atoms with E-state index in [1.165, 1.54) is 24.3 Å². The number of amides is 2. The van der Waals surface area contributed by atoms with Crippen molar-refractivity contribution in [3.8, 4) is 11.5 Å². The molecule has 0 heterocycles. The molecular formula is C20H22N2O4. The molecular weight excluding hydrogens is 332 g/mol. The molecule has 2 aromatic carbocycles. The highest BCUT2D eigenvalue weighted by Crippen LogP contribution is 2.27. The van der Waals surface area contributed by atoms with E-state index < -0.39 is 5.66 Å². The summed E-state index contributed by atoms with van der Waals surface area (Å²) in [6, 6.07) is 12.2. The highest BCUT2D eigenvalue weighted by Gasteiger charge is 2.35. The van der Waals surface area contributed by atoms with Crippen molar-refractivity contribution in [1.82, 2.24) is 10.6 Å². The van der Waals surface area contributed by atoms with Gasteiger partial charge in [0.15, 0.2) is 0 Å². The van der Waals surface area contributed by atoms with E-state index in [4.69, 9.17) is 0 Å². The molecule has 0 atom stereocenters. The molecule has 1 aliphatic rings. The van der Waals surface area contributed by atoms with E-state index in [9.17, 15) is 19.8 Å². The van der Waals surface area contributed by atoms with Crippen molar-refractivity contribution in [2.24, 2.45) is 0 Å². The van der Waals surface area contributed by atoms with E-state index in [-0.39, 0.29) is 23.3 Å². The van der Waals surface area contributed by atoms with Crippen LogP contribution in [0.4, 0.5) is 0 Å². The lowest BCUT2D eigenvalue weighted by atomic mass is 9.88. The van der Waals surface area contributed by atoms with Gasteiger partial charge in [-0.15, -0.1) is 0 Å². The van der Waals surface area contributed by atoms with Gasteiger partial charge in [-0.1, -0.05) is 18.6 Å². The summed E-state index contributed by atoms with van der Waals surface area (Å²) < 4.78 is 0. The molecule has 0 aliphatic heterocycles. The summed E-state index contributed by atoms with van der Waals surface area (Å²) in [5.74, 6) is -0.670. The largest absolute Gasteiger partial charge is 0.508 e. The van der Waals surface area contributed by atoms with Gasteiger partial charge in [0.1, 0.15) is 17.2 Å². The summed E-state index contributed by atoms with van der Waals surface area (Å²) in [6.07, 6.45) is 4.08. The molecule has 0 saturated heterocycles. The molecule has 136 valence electrons. The second-order valence-electron chi connectivity index (χ2n) is 6.65. The summed E-state index contributed by atoms with van der Waals surface area (Å²) in [5, 5.41) is 25.1. The highest BCUT2D eigenvalue weighted by atomic mass is 16.3. The average Bonchev–Trinajstić information content (AvgIpc) is 2.62. The first kappa shape index (κ1) is 17.8. The topological polar surface area (TPSA) is 98.7 Å². The Morgan fingerprint density at radius 3 is 1.65 bits per heavy atom. The van der Waals surface area contributed by atoms with Gasteiger partial charge in [-0.25, -0.2) is 0 Å². The molecule has 2 amide bonds. The summed E-state index contributed by atoms with van der Waals surface area (Å²) in [7, 11) is 0. The molecule has 4 N–H and O–H groups in total. The fraction of sp³-hybridized carbons (Fsp3) is 0.300. The zero-order valence-electron chi connectivity index (χ0n) is 14.4. The molecule has 2 aromatic rings. The quantitative estimate of drug-likeness (QED) is 0.635. The van der Waals surface area contributed by atoms with Crippen LogP contribution in [0.2, 0.25) is 0 Å². The maximum atomic E-state index is 12.6. The lowest BCUT2D eigenvalue weighted by molar-refractivity contribution is 0.0745. The van der Waals surface area contributed by atoms with Gasteiger partial charge in [0.2, 0.25) is 0 Å². The zero-order valence-corrected chi connectivity index (χ0v) is 14.4. The Kier molecular flexibility index (Phi) is 5.11. The number of aromatic hydroxyl groups is 2. The first-order valence-electron chi connectivity index (χ1n) is 8.71. The van der Waals surface area contributed by atoms with Gasteiger partial charge in [0, 0.05) is 11.1 Å². The molecule has 0 spiro atoms. The lowest BCUT2D eigenvalue weighted by Crippen LogP contribution is -2.61. The van der Waals surface area contributed by atoms with Crippen molar-refractivity contribution in [3.05, 3.63) is 59.7 Å². The van der Waals surface area contributed by atoms with Crippen LogP contribution in [0.25, 0.3) is 0 Å². The van der Waals surface area contributed by atoms with Gasteiger partial charge in [0.05, 0.1) is 0 Å². The minimum Gasteiger partial charge on any atom is -0.508 e. The van der Waals surface area contributed by atoms with E-state index in [0.29, 0.717) is 24.0 Å². The minimum absolute atomic E-state index is 0.0131. The highest BCUT2D eigenvalue weighted by molar-refractivity contribution is 5.97. The van der Waals surface area contributed by atoms with Crippen LogP contribution in [0.5, 0.6) is 11.5 Å². The fourth-order valence-corrected chi connectivity index (χ4v) is 3.31. The third kappa shape index (κ3) is 4.14. The smallest absolute Gasteiger partial charge is 0.253 e. The van der Waals surface area contributed by atoms with Crippen LogP contribution < -0.4 is 10.6 Å². The first-order valence-corrected chi connectivity index (χ1v) is 8.71. The van der Waals surface area contributed by atoms with Crippen molar-refractivity contribution in [1.29, 1.82) is 0 Å². The third-order valence-corrected chi connectivity index (χ3v) is 4.63. The lowest BCUT2D eigenvalue weighted by Gasteiger charge is -2.39. The zero-order chi connectivity index (χ0) is 18.6. The van der Waals surface area contributed by atoms with Crippen LogP contribution in [0.15, 0.2) is 48.5 Å². The number of phenolic OH excluding ortho intramolecular Hbond substituents is 2. The molecule has 0 radical (unpaired) electrons. The van der Waals surface area contributed by atoms with E-state index >= 15 is 0 Å². The molecule has 1 saturated carbocycles. The van der Waals surface area contributed by atoms with Crippen molar-refractivity contribution < 1.29 is 19.8 Å². The fourth-order valence-electron chi connectivity index (χ4n) is 3.31. The van der Waals surface area contributed by atoms with Crippen molar-refractivity contribution in [2.45, 2.75) is 37.8 Å². The number of benzene rings is 2. The molecule has 1 aliphatic carbocycles. The number of rotatable bonds is 4. The van der Waals surface area contributed by atoms with Crippen LogP contribution in [0.3, 0.4) is 0 Å². The van der Waals surface area contributed by atoms with E-state index in [1.54, 1.807) is 24.3 Å². The second kappa shape index (κ2) is 7.47. The van der Waals surface area contributed by atoms with Gasteiger partial charge < -0.3 is 20.8 Å². The molecule has 0 unspecified atom stereocenters. The molecule has 6 heteroatoms. The van der Waals surface area contributed by atoms with Crippen LogP contribution in [-0.2, 0) is 0 Å². The van der Waals surface area contributed by atoms with Crippen LogP contribution in [0.1, 0.15) is 52.8 Å². The Morgan fingerprint density at radius 1 is 0.769 bits per heavy atom. The standard InChI is InChI=1S/C20H22N2O4/c23-16-8-4-6-14(12-16)18(25)21-20(10-2-1-3-11-20)22-19(26)15-7-5-9-17(24)13-15/h4-9,12-13,23-24H,1-3,10-11H2,(H,21,25)(H,22,26). The van der Waals surface area contributed by atoms with E-state index in [2.05, 4.69) is 10.6 Å². The van der Waals surface area contributed by atoms with Crippen molar-refractivity contribution >= 4 is 11.8 Å². The normalized spacial score (nSPS) is 15.8. The maximum absolute atomic E-state index is 12.6. The predicted octanol–water partition coefficient (Wildman–Crippen LogP) is 2.92. The van der Waals surface area contributed by atoms with Crippen molar-refractivity contribution in [2.75, 3.05) is 0 Å². The Hall–Kier alpha value is -3.02. The number of hydrogen-bond donors (Lipinski definition) is 4. The van der Waals surface area contributed by atoms with Crippen molar-refractivity contribution in [3.63, 3.8) is 0 Å². The van der Waals surface area contributed by atoms with Gasteiger partial charge in [-0.2, -0.15) is 0 Å². The summed E-state index contributed by atoms with van der Waals surface area (Å²) in [4.78, 5) is 25.3. The Labute approximate surface area is 151 Å². The second-order valence-corrected chi connectivity index (χ2v) is 6.65. The molecule has 26 heavy (non-hydrogen) atoms. The molecule has 3 rings (SSSR count). The number of carbonyl (C=O) groups is 2. The Morgan fingerprint density at radius 2 is 1.23 bits per heavy atom.